The van der Waals surface area contributed by atoms with Crippen LogP contribution in [0.2, 0.25) is 0 Å². The van der Waals surface area contributed by atoms with Crippen LogP contribution in [0, 0.1) is 0 Å². The predicted molar refractivity (Wildman–Crippen MR) is 57.7 cm³/mol. The molecule has 0 bridgehead atoms. The minimum absolute atomic E-state index is 0.139. The molecule has 2 rings (SSSR count). The van der Waals surface area contributed by atoms with Crippen LogP contribution in [0.15, 0.2) is 29.4 Å². The Morgan fingerprint density at radius 2 is 2.41 bits per heavy atom. The van der Waals surface area contributed by atoms with Gasteiger partial charge in [0, 0.05) is 25.4 Å². The molecule has 0 aromatic carbocycles. The average molecular weight is 234 g/mol. The fourth-order valence-electron chi connectivity index (χ4n) is 1.33. The number of hydrogen-bond donors (Lipinski definition) is 2. The average Bonchev–Trinajstić information content (AvgIpc) is 2.82. The van der Waals surface area contributed by atoms with E-state index in [4.69, 9.17) is 5.11 Å². The van der Waals surface area contributed by atoms with Crippen LogP contribution in [0.5, 0.6) is 0 Å². The number of nitrogens with one attached hydrogen (secondary N) is 1. The molecule has 0 saturated heterocycles. The number of carbonyl (C=O) groups is 1. The lowest BCUT2D eigenvalue weighted by molar-refractivity contribution is 0.0697. The lowest BCUT2D eigenvalue weighted by Gasteiger charge is -2.07. The van der Waals surface area contributed by atoms with E-state index in [2.05, 4.69) is 25.0 Å². The van der Waals surface area contributed by atoms with E-state index in [1.807, 2.05) is 0 Å². The Labute approximate surface area is 96.5 Å². The number of carboxylic acid groups (broad SMARTS) is 1. The molecule has 0 unspecified atom stereocenters. The Balaban J connectivity index is 1.97. The van der Waals surface area contributed by atoms with Crippen molar-refractivity contribution in [2.75, 3.05) is 11.9 Å². The maximum atomic E-state index is 10.9. The van der Waals surface area contributed by atoms with E-state index in [0.29, 0.717) is 24.5 Å². The summed E-state index contributed by atoms with van der Waals surface area (Å²) in [4.78, 5) is 18.5. The molecule has 0 aliphatic carbocycles. The summed E-state index contributed by atoms with van der Waals surface area (Å²) in [7, 11) is 0. The molecule has 2 heterocycles. The van der Waals surface area contributed by atoms with Crippen LogP contribution >= 0.6 is 0 Å². The molecule has 2 aromatic heterocycles. The summed E-state index contributed by atoms with van der Waals surface area (Å²) in [6, 6.07) is 1.61. The molecule has 0 fully saturated rings. The molecule has 0 amide bonds. The first-order valence-corrected chi connectivity index (χ1v) is 4.94. The van der Waals surface area contributed by atoms with Gasteiger partial charge in [-0.2, -0.15) is 4.98 Å². The topological polar surface area (TPSA) is 101 Å². The molecule has 0 radical (unpaired) electrons. The van der Waals surface area contributed by atoms with Crippen molar-refractivity contribution in [3.8, 4) is 0 Å². The van der Waals surface area contributed by atoms with Crippen molar-refractivity contribution in [3.63, 3.8) is 0 Å². The highest BCUT2D eigenvalue weighted by molar-refractivity contribution is 5.93. The molecule has 7 nitrogen and oxygen atoms in total. The first-order chi connectivity index (χ1) is 8.27. The first-order valence-electron chi connectivity index (χ1n) is 4.94. The molecule has 7 heteroatoms. The number of pyridine rings is 1. The smallest absolute Gasteiger partial charge is 0.339 e. The van der Waals surface area contributed by atoms with Crippen LogP contribution in [-0.4, -0.2) is 32.7 Å². The number of hydrogen-bond acceptors (Lipinski definition) is 6. The van der Waals surface area contributed by atoms with Crippen LogP contribution in [0.4, 0.5) is 5.69 Å². The van der Waals surface area contributed by atoms with E-state index in [0.717, 1.165) is 0 Å². The minimum Gasteiger partial charge on any atom is -0.478 e. The largest absolute Gasteiger partial charge is 0.478 e. The van der Waals surface area contributed by atoms with Crippen LogP contribution in [-0.2, 0) is 6.42 Å². The zero-order chi connectivity index (χ0) is 12.1. The Kier molecular flexibility index (Phi) is 3.29. The fraction of sp³-hybridized carbons (Fsp3) is 0.200. The van der Waals surface area contributed by atoms with E-state index in [1.165, 1.54) is 18.8 Å². The minimum atomic E-state index is -1.01. The Bertz CT molecular complexity index is 498. The molecule has 0 saturated carbocycles. The van der Waals surface area contributed by atoms with Gasteiger partial charge in [0.25, 0.3) is 0 Å². The lowest BCUT2D eigenvalue weighted by Crippen LogP contribution is -2.10. The first kappa shape index (κ1) is 11.1. The Morgan fingerprint density at radius 1 is 1.53 bits per heavy atom. The highest BCUT2D eigenvalue weighted by Crippen LogP contribution is 2.12. The van der Waals surface area contributed by atoms with Crippen molar-refractivity contribution in [1.29, 1.82) is 0 Å². The summed E-state index contributed by atoms with van der Waals surface area (Å²) in [5.74, 6) is -0.441. The highest BCUT2D eigenvalue weighted by Gasteiger charge is 2.09. The third-order valence-corrected chi connectivity index (χ3v) is 2.12. The summed E-state index contributed by atoms with van der Waals surface area (Å²) in [6.45, 7) is 0.518. The molecule has 0 atom stereocenters. The second-order valence-electron chi connectivity index (χ2n) is 3.25. The molecule has 88 valence electrons. The Hall–Kier alpha value is -2.44. The number of carboxylic acids is 1. The predicted octanol–water partition coefficient (Wildman–Crippen LogP) is 0.817. The van der Waals surface area contributed by atoms with Crippen LogP contribution in [0.3, 0.4) is 0 Å². The number of rotatable bonds is 5. The maximum absolute atomic E-state index is 10.9. The maximum Gasteiger partial charge on any atom is 0.339 e. The third kappa shape index (κ3) is 2.77. The van der Waals surface area contributed by atoms with E-state index < -0.39 is 5.97 Å². The van der Waals surface area contributed by atoms with Crippen LogP contribution < -0.4 is 5.32 Å². The summed E-state index contributed by atoms with van der Waals surface area (Å²) < 4.78 is 4.59. The third-order valence-electron chi connectivity index (χ3n) is 2.12. The normalized spacial score (nSPS) is 10.1. The SMILES string of the molecule is O=C(O)c1cnccc1NCCc1ncon1. The Morgan fingerprint density at radius 3 is 3.12 bits per heavy atom. The molecule has 0 aliphatic rings. The van der Waals surface area contributed by atoms with Gasteiger partial charge in [-0.25, -0.2) is 4.79 Å². The van der Waals surface area contributed by atoms with E-state index >= 15 is 0 Å². The quantitative estimate of drug-likeness (QED) is 0.789. The molecule has 2 N–H and O–H groups in total. The lowest BCUT2D eigenvalue weighted by atomic mass is 10.2. The van der Waals surface area contributed by atoms with Crippen molar-refractivity contribution in [2.24, 2.45) is 0 Å². The van der Waals surface area contributed by atoms with Gasteiger partial charge in [0.1, 0.15) is 5.56 Å². The van der Waals surface area contributed by atoms with Gasteiger partial charge in [0.2, 0.25) is 6.39 Å². The zero-order valence-corrected chi connectivity index (χ0v) is 8.83. The van der Waals surface area contributed by atoms with Crippen molar-refractivity contribution in [3.05, 3.63) is 36.2 Å². The molecule has 2 aromatic rings. The van der Waals surface area contributed by atoms with Gasteiger partial charge in [0.05, 0.1) is 5.69 Å². The molecular formula is C10H10N4O3. The fourth-order valence-corrected chi connectivity index (χ4v) is 1.33. The van der Waals surface area contributed by atoms with Crippen molar-refractivity contribution in [1.82, 2.24) is 15.1 Å². The van der Waals surface area contributed by atoms with Crippen LogP contribution in [0.1, 0.15) is 16.2 Å². The van der Waals surface area contributed by atoms with Gasteiger partial charge in [-0.05, 0) is 6.07 Å². The van der Waals surface area contributed by atoms with Gasteiger partial charge < -0.3 is 14.9 Å². The van der Waals surface area contributed by atoms with Gasteiger partial charge in [-0.3, -0.25) is 4.98 Å². The van der Waals surface area contributed by atoms with Crippen molar-refractivity contribution in [2.45, 2.75) is 6.42 Å². The molecule has 17 heavy (non-hydrogen) atoms. The van der Waals surface area contributed by atoms with Crippen molar-refractivity contribution >= 4 is 11.7 Å². The van der Waals surface area contributed by atoms with E-state index in [-0.39, 0.29) is 5.56 Å². The number of aromatic carboxylic acids is 1. The summed E-state index contributed by atoms with van der Waals surface area (Å²) in [5, 5.41) is 15.6. The number of anilines is 1. The van der Waals surface area contributed by atoms with Crippen molar-refractivity contribution < 1.29 is 14.4 Å². The van der Waals surface area contributed by atoms with Gasteiger partial charge in [-0.1, -0.05) is 5.16 Å². The monoisotopic (exact) mass is 234 g/mol. The number of nitrogens with zero attached hydrogens (tertiary/aromatic N) is 3. The van der Waals surface area contributed by atoms with Gasteiger partial charge in [-0.15, -0.1) is 0 Å². The zero-order valence-electron chi connectivity index (χ0n) is 8.83. The molecular weight excluding hydrogens is 224 g/mol. The highest BCUT2D eigenvalue weighted by atomic mass is 16.5. The molecule has 0 aliphatic heterocycles. The second-order valence-corrected chi connectivity index (χ2v) is 3.25. The standard InChI is InChI=1S/C10H10N4O3/c15-10(16)7-5-11-3-1-8(7)12-4-2-9-13-6-17-14-9/h1,3,5-6H,2,4H2,(H,11,12)(H,15,16). The number of aromatic nitrogens is 3. The van der Waals surface area contributed by atoms with E-state index in [1.54, 1.807) is 6.07 Å². The summed E-state index contributed by atoms with van der Waals surface area (Å²) >= 11 is 0. The second kappa shape index (κ2) is 5.06. The van der Waals surface area contributed by atoms with E-state index in [9.17, 15) is 4.79 Å². The van der Waals surface area contributed by atoms with Gasteiger partial charge >= 0.3 is 5.97 Å². The molecule has 0 spiro atoms. The summed E-state index contributed by atoms with van der Waals surface area (Å²) in [6.07, 6.45) is 4.64. The summed E-state index contributed by atoms with van der Waals surface area (Å²) in [5.41, 5.74) is 0.664. The van der Waals surface area contributed by atoms with Gasteiger partial charge in [0.15, 0.2) is 5.82 Å². The van der Waals surface area contributed by atoms with Crippen LogP contribution in [0.25, 0.3) is 0 Å².